The molecule has 0 spiro atoms. The van der Waals surface area contributed by atoms with Crippen LogP contribution in [0.2, 0.25) is 0 Å². The molecule has 3 nitrogen and oxygen atoms in total. The van der Waals surface area contributed by atoms with Gasteiger partial charge in [-0.25, -0.2) is 4.79 Å². The van der Waals surface area contributed by atoms with Gasteiger partial charge in [-0.3, -0.25) is 0 Å². The molecule has 3 fully saturated rings. The number of alkyl carbamates (subject to hydrolysis) is 1. The third-order valence-electron chi connectivity index (χ3n) is 10.1. The van der Waals surface area contributed by atoms with Crippen molar-refractivity contribution in [2.24, 2.45) is 40.4 Å². The van der Waals surface area contributed by atoms with Gasteiger partial charge >= 0.3 is 6.09 Å². The number of ether oxygens (including phenoxy) is 1. The Kier molecular flexibility index (Phi) is 6.30. The first-order valence-electron chi connectivity index (χ1n) is 12.9. The molecular formula is C27H45NO2. The Balaban J connectivity index is 1.46. The van der Waals surface area contributed by atoms with E-state index < -0.39 is 0 Å². The van der Waals surface area contributed by atoms with E-state index in [0.717, 1.165) is 42.4 Å². The first-order valence-corrected chi connectivity index (χ1v) is 12.9. The van der Waals surface area contributed by atoms with Crippen molar-refractivity contribution in [1.82, 2.24) is 5.32 Å². The molecule has 4 aliphatic rings. The van der Waals surface area contributed by atoms with Crippen molar-refractivity contribution < 1.29 is 9.53 Å². The topological polar surface area (TPSA) is 38.3 Å². The van der Waals surface area contributed by atoms with Crippen LogP contribution < -0.4 is 5.32 Å². The third-order valence-corrected chi connectivity index (χ3v) is 10.1. The van der Waals surface area contributed by atoms with Gasteiger partial charge in [0, 0.05) is 13.5 Å². The summed E-state index contributed by atoms with van der Waals surface area (Å²) < 4.78 is 5.63. The zero-order valence-corrected chi connectivity index (χ0v) is 20.1. The zero-order chi connectivity index (χ0) is 21.5. The summed E-state index contributed by atoms with van der Waals surface area (Å²) in [6, 6.07) is 0. The van der Waals surface area contributed by atoms with Crippen molar-refractivity contribution in [3.63, 3.8) is 0 Å². The summed E-state index contributed by atoms with van der Waals surface area (Å²) in [6.45, 7) is 9.94. The average Bonchev–Trinajstić information content (AvgIpc) is 3.04. The van der Waals surface area contributed by atoms with E-state index in [1.54, 1.807) is 12.6 Å². The minimum atomic E-state index is -0.277. The molecule has 0 bridgehead atoms. The number of carbonyl (C=O) groups is 1. The van der Waals surface area contributed by atoms with Crippen LogP contribution >= 0.6 is 0 Å². The highest BCUT2D eigenvalue weighted by atomic mass is 16.6. The molecule has 30 heavy (non-hydrogen) atoms. The molecule has 0 aromatic rings. The summed E-state index contributed by atoms with van der Waals surface area (Å²) in [7, 11) is 1.65. The van der Waals surface area contributed by atoms with Crippen LogP contribution in [-0.4, -0.2) is 19.2 Å². The lowest BCUT2D eigenvalue weighted by Gasteiger charge is -2.58. The second-order valence-electron chi connectivity index (χ2n) is 11.9. The molecular weight excluding hydrogens is 370 g/mol. The molecule has 0 heterocycles. The van der Waals surface area contributed by atoms with Gasteiger partial charge in [0.15, 0.2) is 0 Å². The summed E-state index contributed by atoms with van der Waals surface area (Å²) in [4.78, 5) is 11.7. The molecule has 7 atom stereocenters. The lowest BCUT2D eigenvalue weighted by atomic mass is 9.47. The van der Waals surface area contributed by atoms with E-state index in [0.29, 0.717) is 10.8 Å². The van der Waals surface area contributed by atoms with E-state index in [2.05, 4.69) is 39.1 Å². The maximum Gasteiger partial charge on any atom is 0.407 e. The highest BCUT2D eigenvalue weighted by molar-refractivity contribution is 5.66. The summed E-state index contributed by atoms with van der Waals surface area (Å²) >= 11 is 0. The molecule has 0 aliphatic heterocycles. The highest BCUT2D eigenvalue weighted by Gasteiger charge is 2.58. The second-order valence-corrected chi connectivity index (χ2v) is 11.9. The van der Waals surface area contributed by atoms with Gasteiger partial charge in [0.25, 0.3) is 0 Å². The molecule has 0 aromatic heterocycles. The molecule has 4 rings (SSSR count). The summed E-state index contributed by atoms with van der Waals surface area (Å²) in [5.74, 6) is 4.44. The lowest BCUT2D eigenvalue weighted by molar-refractivity contribution is -0.0519. The van der Waals surface area contributed by atoms with Crippen molar-refractivity contribution in [2.45, 2.75) is 104 Å². The number of fused-ring (bicyclic) bond motifs is 5. The Morgan fingerprint density at radius 1 is 1.17 bits per heavy atom. The van der Waals surface area contributed by atoms with Crippen LogP contribution in [0.4, 0.5) is 4.79 Å². The quantitative estimate of drug-likeness (QED) is 0.486. The van der Waals surface area contributed by atoms with Crippen molar-refractivity contribution in [1.29, 1.82) is 0 Å². The number of allylic oxidation sites excluding steroid dienone is 1. The largest absolute Gasteiger partial charge is 0.446 e. The van der Waals surface area contributed by atoms with Gasteiger partial charge in [-0.05, 0) is 91.8 Å². The normalized spacial score (nSPS) is 42.7. The minimum Gasteiger partial charge on any atom is -0.446 e. The number of carbonyl (C=O) groups excluding carboxylic acids is 1. The molecule has 0 radical (unpaired) electrons. The molecule has 4 unspecified atom stereocenters. The number of hydrogen-bond acceptors (Lipinski definition) is 2. The zero-order valence-electron chi connectivity index (χ0n) is 20.1. The van der Waals surface area contributed by atoms with Gasteiger partial charge in [-0.1, -0.05) is 52.2 Å². The van der Waals surface area contributed by atoms with Gasteiger partial charge in [0.05, 0.1) is 0 Å². The van der Waals surface area contributed by atoms with E-state index >= 15 is 0 Å². The fourth-order valence-electron chi connectivity index (χ4n) is 8.29. The fraction of sp³-hybridized carbons (Fsp3) is 0.889. The number of rotatable bonds is 5. The van der Waals surface area contributed by atoms with Crippen LogP contribution in [0.5, 0.6) is 0 Å². The Hall–Kier alpha value is -0.990. The lowest BCUT2D eigenvalue weighted by Crippen LogP contribution is -2.50. The van der Waals surface area contributed by atoms with Crippen molar-refractivity contribution in [3.05, 3.63) is 11.6 Å². The number of amides is 1. The maximum atomic E-state index is 11.7. The minimum absolute atomic E-state index is 0.0616. The van der Waals surface area contributed by atoms with Crippen LogP contribution in [0.1, 0.15) is 98.3 Å². The molecule has 4 aliphatic carbocycles. The van der Waals surface area contributed by atoms with Crippen molar-refractivity contribution in [3.8, 4) is 0 Å². The molecule has 0 aromatic carbocycles. The van der Waals surface area contributed by atoms with Crippen LogP contribution in [0, 0.1) is 40.4 Å². The Labute approximate surface area is 184 Å². The molecule has 1 amide bonds. The first kappa shape index (κ1) is 22.2. The summed E-state index contributed by atoms with van der Waals surface area (Å²) in [5.41, 5.74) is 2.51. The molecule has 170 valence electrons. The molecule has 3 heteroatoms. The van der Waals surface area contributed by atoms with E-state index in [1.807, 2.05) is 0 Å². The fourth-order valence-corrected chi connectivity index (χ4v) is 8.29. The monoisotopic (exact) mass is 415 g/mol. The van der Waals surface area contributed by atoms with E-state index in [4.69, 9.17) is 4.74 Å². The van der Waals surface area contributed by atoms with E-state index in [1.165, 1.54) is 57.8 Å². The summed E-state index contributed by atoms with van der Waals surface area (Å²) in [5, 5.41) is 2.61. The second kappa shape index (κ2) is 8.51. The predicted octanol–water partition coefficient (Wildman–Crippen LogP) is 7.12. The predicted molar refractivity (Wildman–Crippen MR) is 123 cm³/mol. The van der Waals surface area contributed by atoms with E-state index in [9.17, 15) is 4.79 Å². The average molecular weight is 416 g/mol. The SMILES string of the molecule is CNC(=O)O[C@H]1CC[C@@]2(C)C(=CCC3C4CCC(CCCC(C)C)[C@@]4(C)CCC32)C1. The van der Waals surface area contributed by atoms with Crippen molar-refractivity contribution in [2.75, 3.05) is 7.05 Å². The van der Waals surface area contributed by atoms with Crippen LogP contribution in [0.3, 0.4) is 0 Å². The molecule has 1 N–H and O–H groups in total. The van der Waals surface area contributed by atoms with Gasteiger partial charge in [-0.2, -0.15) is 0 Å². The van der Waals surface area contributed by atoms with Gasteiger partial charge in [-0.15, -0.1) is 0 Å². The number of hydrogen-bond donors (Lipinski definition) is 1. The first-order chi connectivity index (χ1) is 14.3. The van der Waals surface area contributed by atoms with Crippen molar-refractivity contribution >= 4 is 6.09 Å². The standard InChI is InChI=1S/C27H45NO2/c1-18(2)7-6-8-19-10-12-23-22-11-9-20-17-21(30-25(29)28-5)13-15-27(20,4)24(22)14-16-26(19,23)3/h9,18-19,21-24H,6-8,10-17H2,1-5H3,(H,28,29)/t19?,21-,22?,23?,24?,26+,27-/m0/s1. The van der Waals surface area contributed by atoms with Crippen LogP contribution in [0.15, 0.2) is 11.6 Å². The maximum absolute atomic E-state index is 11.7. The molecule has 0 saturated heterocycles. The van der Waals surface area contributed by atoms with Crippen LogP contribution in [-0.2, 0) is 4.74 Å². The third kappa shape index (κ3) is 3.84. The smallest absolute Gasteiger partial charge is 0.407 e. The Bertz CT molecular complexity index is 670. The van der Waals surface area contributed by atoms with Gasteiger partial charge < -0.3 is 10.1 Å². The molecule has 3 saturated carbocycles. The Morgan fingerprint density at radius 2 is 1.97 bits per heavy atom. The highest BCUT2D eigenvalue weighted by Crippen LogP contribution is 2.66. The van der Waals surface area contributed by atoms with E-state index in [-0.39, 0.29) is 12.2 Å². The van der Waals surface area contributed by atoms with Gasteiger partial charge in [0.1, 0.15) is 6.10 Å². The summed E-state index contributed by atoms with van der Waals surface area (Å²) in [6.07, 6.45) is 16.8. The van der Waals surface area contributed by atoms with Gasteiger partial charge in [0.2, 0.25) is 0 Å². The Morgan fingerprint density at radius 3 is 2.70 bits per heavy atom. The van der Waals surface area contributed by atoms with Crippen LogP contribution in [0.25, 0.3) is 0 Å². The number of nitrogens with one attached hydrogen (secondary N) is 1.